The molecule has 2 heterocycles. The normalized spacial score (nSPS) is 16.0. The Balaban J connectivity index is 1.47. The van der Waals surface area contributed by atoms with Crippen LogP contribution in [0.25, 0.3) is 11.4 Å². The molecule has 2 aromatic carbocycles. The molecule has 31 heavy (non-hydrogen) atoms. The molecule has 0 bridgehead atoms. The fourth-order valence-electron chi connectivity index (χ4n) is 4.36. The molecule has 0 radical (unpaired) electrons. The number of nitrogens with zero attached hydrogens (tertiary/aromatic N) is 2. The Bertz CT molecular complexity index is 1310. The van der Waals surface area contributed by atoms with Crippen LogP contribution in [0, 0.1) is 0 Å². The molecule has 7 nitrogen and oxygen atoms in total. The Morgan fingerprint density at radius 1 is 1.03 bits per heavy atom. The molecule has 1 aliphatic heterocycles. The highest BCUT2D eigenvalue weighted by molar-refractivity contribution is 7.89. The zero-order valence-electron chi connectivity index (χ0n) is 17.2. The molecule has 1 aliphatic carbocycles. The van der Waals surface area contributed by atoms with Crippen molar-refractivity contribution in [2.75, 3.05) is 13.7 Å². The number of ether oxygens (including phenoxy) is 1. The molecule has 0 saturated heterocycles. The first-order valence-electron chi connectivity index (χ1n) is 10.3. The fourth-order valence-corrected chi connectivity index (χ4v) is 5.82. The highest BCUT2D eigenvalue weighted by Crippen LogP contribution is 2.29. The Morgan fingerprint density at radius 3 is 2.58 bits per heavy atom. The molecule has 2 aliphatic rings. The number of benzene rings is 2. The molecule has 0 amide bonds. The second-order valence-electron chi connectivity index (χ2n) is 7.94. The molecule has 0 fully saturated rings. The van der Waals surface area contributed by atoms with E-state index >= 15 is 0 Å². The third kappa shape index (κ3) is 3.55. The summed E-state index contributed by atoms with van der Waals surface area (Å²) in [5.74, 6) is 1.12. The summed E-state index contributed by atoms with van der Waals surface area (Å²) in [7, 11) is -2.07. The maximum atomic E-state index is 13.3. The number of aryl methyl sites for hydroxylation is 2. The summed E-state index contributed by atoms with van der Waals surface area (Å²) in [5.41, 5.74) is 3.93. The summed E-state index contributed by atoms with van der Waals surface area (Å²) in [6, 6.07) is 12.6. The number of aromatic amines is 1. The molecule has 0 saturated carbocycles. The van der Waals surface area contributed by atoms with E-state index in [0.29, 0.717) is 34.1 Å². The maximum Gasteiger partial charge on any atom is 0.254 e. The molecule has 0 unspecified atom stereocenters. The summed E-state index contributed by atoms with van der Waals surface area (Å²) in [5, 5.41) is 0. The van der Waals surface area contributed by atoms with Crippen molar-refractivity contribution in [1.29, 1.82) is 0 Å². The minimum absolute atomic E-state index is 0.0851. The highest BCUT2D eigenvalue weighted by atomic mass is 32.2. The topological polar surface area (TPSA) is 92.4 Å². The number of nitrogens with one attached hydrogen (secondary N) is 1. The van der Waals surface area contributed by atoms with Gasteiger partial charge in [-0.1, -0.05) is 6.07 Å². The number of H-pyrrole nitrogens is 1. The van der Waals surface area contributed by atoms with Gasteiger partial charge < -0.3 is 9.72 Å². The van der Waals surface area contributed by atoms with Crippen molar-refractivity contribution in [3.05, 3.63) is 75.2 Å². The van der Waals surface area contributed by atoms with E-state index in [1.165, 1.54) is 9.87 Å². The largest absolute Gasteiger partial charge is 0.497 e. The second-order valence-corrected chi connectivity index (χ2v) is 9.88. The van der Waals surface area contributed by atoms with Crippen LogP contribution in [-0.4, -0.2) is 36.3 Å². The van der Waals surface area contributed by atoms with Crippen LogP contribution < -0.4 is 10.3 Å². The maximum absolute atomic E-state index is 13.3. The van der Waals surface area contributed by atoms with E-state index in [1.807, 2.05) is 18.2 Å². The summed E-state index contributed by atoms with van der Waals surface area (Å²) in [4.78, 5) is 20.4. The van der Waals surface area contributed by atoms with Gasteiger partial charge in [0.1, 0.15) is 11.6 Å². The van der Waals surface area contributed by atoms with Crippen LogP contribution in [0.4, 0.5) is 0 Å². The molecule has 1 N–H and O–H groups in total. The molecule has 0 atom stereocenters. The predicted octanol–water partition coefficient (Wildman–Crippen LogP) is 2.68. The Morgan fingerprint density at radius 2 is 1.81 bits per heavy atom. The second kappa shape index (κ2) is 7.62. The lowest BCUT2D eigenvalue weighted by molar-refractivity contribution is 0.383. The molecular formula is C23H23N3O4S. The van der Waals surface area contributed by atoms with E-state index < -0.39 is 10.0 Å². The summed E-state index contributed by atoms with van der Waals surface area (Å²) in [6.07, 6.45) is 3.33. The van der Waals surface area contributed by atoms with E-state index in [-0.39, 0.29) is 18.6 Å². The minimum Gasteiger partial charge on any atom is -0.497 e. The van der Waals surface area contributed by atoms with Gasteiger partial charge in [-0.05, 0) is 73.2 Å². The quantitative estimate of drug-likeness (QED) is 0.678. The smallest absolute Gasteiger partial charge is 0.254 e. The van der Waals surface area contributed by atoms with Crippen LogP contribution in [0.5, 0.6) is 5.75 Å². The monoisotopic (exact) mass is 437 g/mol. The molecule has 8 heteroatoms. The SMILES string of the molecule is COc1ccc(-c2nc3c(c(=O)[nH]2)CCN(S(=O)(=O)c2ccc4c(c2)CCC4)C3)cc1. The summed E-state index contributed by atoms with van der Waals surface area (Å²) >= 11 is 0. The number of rotatable bonds is 4. The first-order chi connectivity index (χ1) is 15.0. The van der Waals surface area contributed by atoms with Gasteiger partial charge in [0, 0.05) is 17.7 Å². The summed E-state index contributed by atoms with van der Waals surface area (Å²) < 4.78 is 33.2. The Hall–Kier alpha value is -2.97. The zero-order valence-corrected chi connectivity index (χ0v) is 18.0. The first kappa shape index (κ1) is 20.0. The van der Waals surface area contributed by atoms with Crippen molar-refractivity contribution in [3.63, 3.8) is 0 Å². The van der Waals surface area contributed by atoms with Gasteiger partial charge in [0.15, 0.2) is 0 Å². The van der Waals surface area contributed by atoms with Gasteiger partial charge in [-0.3, -0.25) is 4.79 Å². The zero-order chi connectivity index (χ0) is 21.6. The first-order valence-corrected chi connectivity index (χ1v) is 11.8. The third-order valence-electron chi connectivity index (χ3n) is 6.11. The lowest BCUT2D eigenvalue weighted by atomic mass is 10.1. The van der Waals surface area contributed by atoms with Crippen molar-refractivity contribution in [2.24, 2.45) is 0 Å². The third-order valence-corrected chi connectivity index (χ3v) is 7.95. The van der Waals surface area contributed by atoms with Gasteiger partial charge in [0.25, 0.3) is 5.56 Å². The van der Waals surface area contributed by atoms with Crippen LogP contribution in [0.2, 0.25) is 0 Å². The number of hydrogen-bond acceptors (Lipinski definition) is 5. The molecular weight excluding hydrogens is 414 g/mol. The van der Waals surface area contributed by atoms with E-state index in [0.717, 1.165) is 30.4 Å². The van der Waals surface area contributed by atoms with Crippen molar-refractivity contribution in [2.45, 2.75) is 37.1 Å². The van der Waals surface area contributed by atoms with Crippen molar-refractivity contribution >= 4 is 10.0 Å². The van der Waals surface area contributed by atoms with Gasteiger partial charge in [-0.2, -0.15) is 4.31 Å². The fraction of sp³-hybridized carbons (Fsp3) is 0.304. The van der Waals surface area contributed by atoms with Crippen LogP contribution >= 0.6 is 0 Å². The van der Waals surface area contributed by atoms with Gasteiger partial charge in [0.05, 0.1) is 24.2 Å². The van der Waals surface area contributed by atoms with Crippen LogP contribution in [0.15, 0.2) is 52.2 Å². The average molecular weight is 438 g/mol. The number of hydrogen-bond donors (Lipinski definition) is 1. The Kier molecular flexibility index (Phi) is 4.91. The van der Waals surface area contributed by atoms with E-state index in [1.54, 1.807) is 31.4 Å². The number of aromatic nitrogens is 2. The lowest BCUT2D eigenvalue weighted by Crippen LogP contribution is -2.39. The van der Waals surface area contributed by atoms with Gasteiger partial charge in [0.2, 0.25) is 10.0 Å². The lowest BCUT2D eigenvalue weighted by Gasteiger charge is -2.27. The Labute approximate surface area is 180 Å². The highest BCUT2D eigenvalue weighted by Gasteiger charge is 2.31. The number of sulfonamides is 1. The van der Waals surface area contributed by atoms with Crippen LogP contribution in [0.1, 0.15) is 28.8 Å². The van der Waals surface area contributed by atoms with Gasteiger partial charge in [-0.15, -0.1) is 0 Å². The van der Waals surface area contributed by atoms with Gasteiger partial charge >= 0.3 is 0 Å². The van der Waals surface area contributed by atoms with Crippen molar-refractivity contribution in [3.8, 4) is 17.1 Å². The minimum atomic E-state index is -3.66. The van der Waals surface area contributed by atoms with E-state index in [4.69, 9.17) is 4.74 Å². The average Bonchev–Trinajstić information content (AvgIpc) is 3.26. The van der Waals surface area contributed by atoms with Crippen molar-refractivity contribution < 1.29 is 13.2 Å². The standard InChI is InChI=1S/C23H23N3O4S/c1-30-18-8-5-16(6-9-18)22-24-21-14-26(12-11-20(21)23(27)25-22)31(28,29)19-10-7-15-3-2-4-17(15)13-19/h5-10,13H,2-4,11-12,14H2,1H3,(H,24,25,27). The van der Waals surface area contributed by atoms with Crippen LogP contribution in [-0.2, 0) is 35.8 Å². The van der Waals surface area contributed by atoms with Crippen molar-refractivity contribution in [1.82, 2.24) is 14.3 Å². The van der Waals surface area contributed by atoms with Crippen LogP contribution in [0.3, 0.4) is 0 Å². The van der Waals surface area contributed by atoms with Gasteiger partial charge in [-0.25, -0.2) is 13.4 Å². The predicted molar refractivity (Wildman–Crippen MR) is 117 cm³/mol. The van der Waals surface area contributed by atoms with E-state index in [9.17, 15) is 13.2 Å². The molecule has 1 aromatic heterocycles. The van der Waals surface area contributed by atoms with E-state index in [2.05, 4.69) is 9.97 Å². The molecule has 160 valence electrons. The molecule has 5 rings (SSSR count). The number of methoxy groups -OCH3 is 1. The molecule has 0 spiro atoms. The number of fused-ring (bicyclic) bond motifs is 2. The summed E-state index contributed by atoms with van der Waals surface area (Å²) in [6.45, 7) is 0.348. The molecule has 3 aromatic rings.